The molecule has 2 saturated heterocycles. The van der Waals surface area contributed by atoms with Gasteiger partial charge in [-0.25, -0.2) is 9.78 Å². The quantitative estimate of drug-likeness (QED) is 0.308. The maximum atomic E-state index is 14.4. The number of carboxylic acids is 1. The van der Waals surface area contributed by atoms with Crippen molar-refractivity contribution in [1.29, 1.82) is 0 Å². The Hall–Kier alpha value is -3.96. The first-order chi connectivity index (χ1) is 21.3. The number of amides is 1. The van der Waals surface area contributed by atoms with Gasteiger partial charge in [-0.2, -0.15) is 13.2 Å². The van der Waals surface area contributed by atoms with Crippen molar-refractivity contribution in [3.8, 4) is 5.88 Å². The summed E-state index contributed by atoms with van der Waals surface area (Å²) in [6.07, 6.45) is -4.01. The molecule has 2 aliphatic rings. The lowest BCUT2D eigenvalue weighted by atomic mass is 9.72. The van der Waals surface area contributed by atoms with Gasteiger partial charge in [0.1, 0.15) is 12.1 Å². The van der Waals surface area contributed by atoms with E-state index in [0.29, 0.717) is 24.6 Å². The van der Waals surface area contributed by atoms with Crippen LogP contribution in [0, 0.1) is 11.3 Å². The maximum Gasteiger partial charge on any atom is 0.417 e. The zero-order chi connectivity index (χ0) is 32.5. The highest BCUT2D eigenvalue weighted by Gasteiger charge is 2.59. The van der Waals surface area contributed by atoms with E-state index < -0.39 is 59.2 Å². The molecule has 0 saturated carbocycles. The fraction of sp³-hybridized carbons (Fsp3) is 0.441. The Bertz CT molecular complexity index is 1500. The molecule has 0 spiro atoms. The van der Waals surface area contributed by atoms with E-state index in [1.165, 1.54) is 12.0 Å². The molecule has 0 bridgehead atoms. The van der Waals surface area contributed by atoms with E-state index in [-0.39, 0.29) is 24.1 Å². The molecule has 2 fully saturated rings. The molecule has 240 valence electrons. The first kappa shape index (κ1) is 32.4. The first-order valence-electron chi connectivity index (χ1n) is 14.9. The van der Waals surface area contributed by atoms with E-state index in [1.807, 2.05) is 81.4 Å². The van der Waals surface area contributed by atoms with E-state index in [2.05, 4.69) is 10.3 Å². The lowest BCUT2D eigenvalue weighted by Gasteiger charge is -2.35. The normalized spacial score (nSPS) is 25.4. The summed E-state index contributed by atoms with van der Waals surface area (Å²) in [4.78, 5) is 32.8. The van der Waals surface area contributed by atoms with Crippen LogP contribution in [0.15, 0.2) is 72.9 Å². The minimum Gasteiger partial charge on any atom is -0.481 e. The number of benzene rings is 2. The maximum absolute atomic E-state index is 14.4. The summed E-state index contributed by atoms with van der Waals surface area (Å²) in [6, 6.07) is 17.0. The van der Waals surface area contributed by atoms with Crippen LogP contribution in [-0.2, 0) is 27.0 Å². The Labute approximate surface area is 260 Å². The highest BCUT2D eigenvalue weighted by atomic mass is 19.4. The molecule has 11 heteroatoms. The fourth-order valence-corrected chi connectivity index (χ4v) is 6.82. The lowest BCUT2D eigenvalue weighted by molar-refractivity contribution is -0.157. The van der Waals surface area contributed by atoms with Crippen molar-refractivity contribution in [3.05, 3.63) is 95.2 Å². The molecule has 0 aliphatic carbocycles. The molecule has 2 aromatic carbocycles. The van der Waals surface area contributed by atoms with Gasteiger partial charge in [0, 0.05) is 30.3 Å². The standard InChI is InChI=1S/C34H38F3N3O5/c1-33(2,3)26-27(38-18-22-17-23(34(35,36)37)19-39-30(22)44-4)28(21-13-9-6-10-14-21)40(29(26)32(42)43)31(41)25-16-15-24(45-25)20-11-7-5-8-12-20/h5-14,17,19,24-29,38H,15-16,18H2,1-4H3,(H,42,43)/t24-,25+,26-,27-,28-,29-/m0/s1. The number of hydrogen-bond donors (Lipinski definition) is 2. The summed E-state index contributed by atoms with van der Waals surface area (Å²) in [5, 5.41) is 14.1. The van der Waals surface area contributed by atoms with Gasteiger partial charge >= 0.3 is 12.1 Å². The largest absolute Gasteiger partial charge is 0.481 e. The zero-order valence-corrected chi connectivity index (χ0v) is 25.6. The molecule has 3 heterocycles. The third-order valence-electron chi connectivity index (χ3n) is 8.76. The molecule has 45 heavy (non-hydrogen) atoms. The minimum atomic E-state index is -4.61. The highest BCUT2D eigenvalue weighted by Crippen LogP contribution is 2.49. The van der Waals surface area contributed by atoms with Crippen molar-refractivity contribution >= 4 is 11.9 Å². The van der Waals surface area contributed by atoms with Crippen LogP contribution in [-0.4, -0.2) is 52.2 Å². The second-order valence-electron chi connectivity index (χ2n) is 12.7. The van der Waals surface area contributed by atoms with Crippen molar-refractivity contribution in [2.75, 3.05) is 7.11 Å². The third kappa shape index (κ3) is 6.69. The van der Waals surface area contributed by atoms with Gasteiger partial charge in [0.15, 0.2) is 0 Å². The molecular formula is C34H38F3N3O5. The van der Waals surface area contributed by atoms with Crippen molar-refractivity contribution in [1.82, 2.24) is 15.2 Å². The second-order valence-corrected chi connectivity index (χ2v) is 12.7. The number of carboxylic acid groups (broad SMARTS) is 1. The summed E-state index contributed by atoms with van der Waals surface area (Å²) < 4.78 is 52.3. The summed E-state index contributed by atoms with van der Waals surface area (Å²) in [7, 11) is 1.32. The van der Waals surface area contributed by atoms with Gasteiger partial charge in [0.2, 0.25) is 5.88 Å². The molecule has 1 amide bonds. The topological polar surface area (TPSA) is 101 Å². The van der Waals surface area contributed by atoms with Crippen molar-refractivity contribution in [2.24, 2.45) is 11.3 Å². The van der Waals surface area contributed by atoms with Gasteiger partial charge in [0.25, 0.3) is 5.91 Å². The number of rotatable bonds is 8. The Kier molecular flexibility index (Phi) is 9.23. The zero-order valence-electron chi connectivity index (χ0n) is 25.6. The number of carbonyl (C=O) groups excluding carboxylic acids is 1. The monoisotopic (exact) mass is 625 g/mol. The number of nitrogens with zero attached hydrogens (tertiary/aromatic N) is 2. The van der Waals surface area contributed by atoms with Crippen LogP contribution >= 0.6 is 0 Å². The smallest absolute Gasteiger partial charge is 0.417 e. The summed E-state index contributed by atoms with van der Waals surface area (Å²) in [6.45, 7) is 5.61. The number of aromatic nitrogens is 1. The van der Waals surface area contributed by atoms with Crippen molar-refractivity contribution in [2.45, 2.75) is 76.7 Å². The average Bonchev–Trinajstić information content (AvgIpc) is 3.64. The van der Waals surface area contributed by atoms with E-state index in [9.17, 15) is 27.9 Å². The number of hydrogen-bond acceptors (Lipinski definition) is 6. The van der Waals surface area contributed by atoms with Crippen LogP contribution in [0.5, 0.6) is 5.88 Å². The van der Waals surface area contributed by atoms with Crippen LogP contribution in [0.1, 0.15) is 68.0 Å². The summed E-state index contributed by atoms with van der Waals surface area (Å²) >= 11 is 0. The molecule has 5 rings (SSSR count). The Morgan fingerprint density at radius 2 is 1.64 bits per heavy atom. The van der Waals surface area contributed by atoms with Crippen molar-refractivity contribution < 1.29 is 37.3 Å². The lowest BCUT2D eigenvalue weighted by Crippen LogP contribution is -2.50. The van der Waals surface area contributed by atoms with Gasteiger partial charge in [-0.3, -0.25) is 4.79 Å². The molecule has 2 N–H and O–H groups in total. The van der Waals surface area contributed by atoms with Crippen LogP contribution in [0.3, 0.4) is 0 Å². The number of carbonyl (C=O) groups is 2. The van der Waals surface area contributed by atoms with Gasteiger partial charge in [-0.15, -0.1) is 0 Å². The summed E-state index contributed by atoms with van der Waals surface area (Å²) in [5.74, 6) is -2.21. The molecule has 8 nitrogen and oxygen atoms in total. The predicted molar refractivity (Wildman–Crippen MR) is 160 cm³/mol. The molecule has 6 atom stereocenters. The minimum absolute atomic E-state index is 0.0195. The van der Waals surface area contributed by atoms with E-state index in [1.54, 1.807) is 0 Å². The number of aliphatic carboxylic acids is 1. The number of likely N-dealkylation sites (tertiary alicyclic amines) is 1. The molecule has 1 aromatic heterocycles. The Balaban J connectivity index is 1.55. The van der Waals surface area contributed by atoms with E-state index >= 15 is 0 Å². The number of methoxy groups -OCH3 is 1. The van der Waals surface area contributed by atoms with Crippen molar-refractivity contribution in [3.63, 3.8) is 0 Å². The highest BCUT2D eigenvalue weighted by molar-refractivity contribution is 5.88. The Morgan fingerprint density at radius 1 is 1.02 bits per heavy atom. The number of ether oxygens (including phenoxy) is 2. The first-order valence-corrected chi connectivity index (χ1v) is 14.9. The predicted octanol–water partition coefficient (Wildman–Crippen LogP) is 6.19. The molecule has 0 unspecified atom stereocenters. The number of halogens is 3. The molecule has 0 radical (unpaired) electrons. The molecular weight excluding hydrogens is 587 g/mol. The van der Waals surface area contributed by atoms with Crippen LogP contribution in [0.25, 0.3) is 0 Å². The average molecular weight is 626 g/mol. The number of nitrogens with one attached hydrogen (secondary N) is 1. The van der Waals surface area contributed by atoms with Crippen LogP contribution in [0.2, 0.25) is 0 Å². The van der Waals surface area contributed by atoms with Crippen LogP contribution < -0.4 is 10.1 Å². The Morgan fingerprint density at radius 3 is 2.20 bits per heavy atom. The molecule has 2 aliphatic heterocycles. The molecule has 3 aromatic rings. The van der Waals surface area contributed by atoms with Gasteiger partial charge in [0.05, 0.1) is 24.8 Å². The second kappa shape index (κ2) is 12.8. The van der Waals surface area contributed by atoms with Gasteiger partial charge < -0.3 is 24.8 Å². The number of alkyl halides is 3. The summed E-state index contributed by atoms with van der Waals surface area (Å²) in [5.41, 5.74) is 0.244. The number of pyridine rings is 1. The SMILES string of the molecule is COc1ncc(C(F)(F)F)cc1CN[C@H]1[C@H](C(C)(C)C)[C@@H](C(=O)O)N(C(=O)[C@H]2CC[C@@H](c3ccccc3)O2)[C@H]1c1ccccc1. The fourth-order valence-electron chi connectivity index (χ4n) is 6.82. The van der Waals surface area contributed by atoms with Gasteiger partial charge in [-0.05, 0) is 35.4 Å². The van der Waals surface area contributed by atoms with E-state index in [0.717, 1.165) is 11.6 Å². The van der Waals surface area contributed by atoms with Crippen LogP contribution in [0.4, 0.5) is 13.2 Å². The van der Waals surface area contributed by atoms with E-state index in [4.69, 9.17) is 9.47 Å². The van der Waals surface area contributed by atoms with Gasteiger partial charge in [-0.1, -0.05) is 81.4 Å². The third-order valence-corrected chi connectivity index (χ3v) is 8.76.